The van der Waals surface area contributed by atoms with E-state index in [-0.39, 0.29) is 23.9 Å². The van der Waals surface area contributed by atoms with Gasteiger partial charge in [-0.15, -0.1) is 0 Å². The van der Waals surface area contributed by atoms with Gasteiger partial charge in [-0.05, 0) is 61.4 Å². The van der Waals surface area contributed by atoms with Crippen molar-refractivity contribution in [2.24, 2.45) is 0 Å². The first kappa shape index (κ1) is 23.0. The van der Waals surface area contributed by atoms with E-state index in [1.807, 2.05) is 43.3 Å². The lowest BCUT2D eigenvalue weighted by Gasteiger charge is -2.35. The molecule has 4 aromatic rings. The third kappa shape index (κ3) is 4.15. The van der Waals surface area contributed by atoms with Crippen molar-refractivity contribution in [2.45, 2.75) is 32.4 Å². The van der Waals surface area contributed by atoms with Gasteiger partial charge in [0.1, 0.15) is 22.7 Å². The Bertz CT molecular complexity index is 1440. The Morgan fingerprint density at radius 3 is 2.49 bits per heavy atom. The predicted molar refractivity (Wildman–Crippen MR) is 133 cm³/mol. The normalized spacial score (nSPS) is 17.1. The number of fused-ring (bicyclic) bond motifs is 3. The van der Waals surface area contributed by atoms with Crippen LogP contribution in [-0.2, 0) is 12.1 Å². The third-order valence-electron chi connectivity index (χ3n) is 6.44. The van der Waals surface area contributed by atoms with Gasteiger partial charge in [-0.2, -0.15) is 0 Å². The molecule has 178 valence electrons. The molecule has 5 rings (SSSR count). The number of aryl methyl sites for hydroxylation is 1. The number of carbonyl (C=O) groups is 2. The summed E-state index contributed by atoms with van der Waals surface area (Å²) in [7, 11) is 1.60. The quantitative estimate of drug-likeness (QED) is 0.360. The van der Waals surface area contributed by atoms with Crippen molar-refractivity contribution >= 4 is 34.3 Å². The Labute approximate surface area is 207 Å². The largest absolute Gasteiger partial charge is 0.497 e. The highest BCUT2D eigenvalue weighted by Gasteiger charge is 2.40. The van der Waals surface area contributed by atoms with E-state index >= 15 is 0 Å². The number of furan rings is 1. The van der Waals surface area contributed by atoms with Crippen LogP contribution in [0.2, 0.25) is 5.02 Å². The summed E-state index contributed by atoms with van der Waals surface area (Å²) in [5, 5.41) is 4.11. The van der Waals surface area contributed by atoms with Crippen molar-refractivity contribution in [2.75, 3.05) is 7.11 Å². The van der Waals surface area contributed by atoms with Crippen LogP contribution in [0.5, 0.6) is 11.5 Å². The van der Waals surface area contributed by atoms with Crippen LogP contribution in [0.25, 0.3) is 11.0 Å². The first-order chi connectivity index (χ1) is 16.8. The fourth-order valence-corrected chi connectivity index (χ4v) is 4.67. The van der Waals surface area contributed by atoms with Crippen LogP contribution < -0.4 is 14.8 Å². The first-order valence-corrected chi connectivity index (χ1v) is 11.6. The van der Waals surface area contributed by atoms with Gasteiger partial charge in [-0.25, -0.2) is 0 Å². The molecule has 3 aromatic carbocycles. The number of amides is 1. The summed E-state index contributed by atoms with van der Waals surface area (Å²) < 4.78 is 17.4. The number of benzene rings is 3. The second kappa shape index (κ2) is 8.78. The molecule has 1 aliphatic heterocycles. The molecule has 0 aliphatic carbocycles. The molecule has 0 spiro atoms. The zero-order valence-electron chi connectivity index (χ0n) is 19.6. The van der Waals surface area contributed by atoms with Crippen molar-refractivity contribution in [3.8, 4) is 11.5 Å². The maximum Gasteiger partial charge on any atom is 0.287 e. The molecule has 0 radical (unpaired) electrons. The van der Waals surface area contributed by atoms with Gasteiger partial charge in [0.15, 0.2) is 11.5 Å². The number of methoxy groups -OCH3 is 1. The molecule has 6 nitrogen and oxygen atoms in total. The van der Waals surface area contributed by atoms with E-state index in [4.69, 9.17) is 25.5 Å². The molecule has 0 saturated heterocycles. The zero-order valence-corrected chi connectivity index (χ0v) is 20.4. The van der Waals surface area contributed by atoms with Crippen molar-refractivity contribution in [1.29, 1.82) is 0 Å². The molecule has 0 fully saturated rings. The number of hydrogen-bond donors (Lipinski definition) is 1. The minimum absolute atomic E-state index is 0.0663. The minimum Gasteiger partial charge on any atom is -0.497 e. The highest BCUT2D eigenvalue weighted by molar-refractivity contribution is 6.30. The number of Topliss-reactive ketones (excluding diaryl/α,β-unsaturated/α-hetero) is 1. The van der Waals surface area contributed by atoms with Crippen LogP contribution in [0.1, 0.15) is 50.9 Å². The van der Waals surface area contributed by atoms with E-state index in [2.05, 4.69) is 5.32 Å². The molecule has 7 heteroatoms. The van der Waals surface area contributed by atoms with E-state index in [0.717, 1.165) is 16.9 Å². The molecule has 1 aliphatic rings. The molecule has 1 atom stereocenters. The number of rotatable bonds is 5. The smallest absolute Gasteiger partial charge is 0.287 e. The molecule has 1 amide bonds. The van der Waals surface area contributed by atoms with Gasteiger partial charge in [0, 0.05) is 22.5 Å². The maximum absolute atomic E-state index is 13.4. The maximum atomic E-state index is 13.4. The molecule has 0 saturated carbocycles. The monoisotopic (exact) mass is 489 g/mol. The highest BCUT2D eigenvalue weighted by atomic mass is 35.5. The van der Waals surface area contributed by atoms with Crippen LogP contribution in [-0.4, -0.2) is 18.8 Å². The third-order valence-corrected chi connectivity index (χ3v) is 6.69. The van der Waals surface area contributed by atoms with E-state index in [1.165, 1.54) is 0 Å². The summed E-state index contributed by atoms with van der Waals surface area (Å²) >= 11 is 6.03. The number of carbonyl (C=O) groups excluding carboxylic acids is 2. The zero-order chi connectivity index (χ0) is 24.7. The number of halogens is 1. The van der Waals surface area contributed by atoms with Crippen molar-refractivity contribution < 1.29 is 23.5 Å². The molecule has 35 heavy (non-hydrogen) atoms. The van der Waals surface area contributed by atoms with Crippen molar-refractivity contribution in [1.82, 2.24) is 5.32 Å². The molecule has 1 aromatic heterocycles. The second-order valence-corrected chi connectivity index (χ2v) is 9.27. The summed E-state index contributed by atoms with van der Waals surface area (Å²) in [5.74, 6) is 0.986. The Morgan fingerprint density at radius 2 is 1.80 bits per heavy atom. The van der Waals surface area contributed by atoms with Crippen LogP contribution >= 0.6 is 11.6 Å². The molecular formula is C28H24ClNO5. The Hall–Kier alpha value is -3.77. The van der Waals surface area contributed by atoms with Gasteiger partial charge in [-0.3, -0.25) is 9.59 Å². The number of nitrogens with one attached hydrogen (secondary N) is 1. The van der Waals surface area contributed by atoms with Gasteiger partial charge < -0.3 is 19.2 Å². The van der Waals surface area contributed by atoms with E-state index < -0.39 is 5.60 Å². The predicted octanol–water partition coefficient (Wildman–Crippen LogP) is 6.21. The summed E-state index contributed by atoms with van der Waals surface area (Å²) in [4.78, 5) is 26.3. The van der Waals surface area contributed by atoms with Crippen LogP contribution in [0.3, 0.4) is 0 Å². The topological polar surface area (TPSA) is 77.8 Å². The summed E-state index contributed by atoms with van der Waals surface area (Å²) in [6.07, 6.45) is 0.157. The van der Waals surface area contributed by atoms with Crippen LogP contribution in [0.4, 0.5) is 0 Å². The minimum atomic E-state index is -0.821. The highest BCUT2D eigenvalue weighted by Crippen LogP contribution is 2.44. The molecule has 2 heterocycles. The number of ketones is 1. The molecule has 0 unspecified atom stereocenters. The molecule has 0 bridgehead atoms. The second-order valence-electron chi connectivity index (χ2n) is 8.84. The fraction of sp³-hybridized carbons (Fsp3) is 0.214. The lowest BCUT2D eigenvalue weighted by atomic mass is 9.84. The van der Waals surface area contributed by atoms with Crippen LogP contribution in [0.15, 0.2) is 65.1 Å². The Balaban J connectivity index is 1.44. The van der Waals surface area contributed by atoms with E-state index in [9.17, 15) is 9.59 Å². The average molecular weight is 490 g/mol. The lowest BCUT2D eigenvalue weighted by molar-refractivity contribution is 0.0507. The number of hydrogen-bond acceptors (Lipinski definition) is 5. The standard InChI is InChI=1S/C28H24ClNO5/c1-16-24-22(34-26(16)27(32)30-15-17-4-10-20(33-3)11-5-17)12-13-23-25(24)21(31)14-28(2,35-23)18-6-8-19(29)9-7-18/h4-13H,14-15H2,1-3H3,(H,30,32)/t28-/m1/s1. The first-order valence-electron chi connectivity index (χ1n) is 11.2. The SMILES string of the molecule is COc1ccc(CNC(=O)c2oc3ccc4c(c3c2C)C(=O)C[C@](C)(c2ccc(Cl)cc2)O4)cc1. The van der Waals surface area contributed by atoms with Crippen molar-refractivity contribution in [3.05, 3.63) is 93.7 Å². The molecular weight excluding hydrogens is 466 g/mol. The van der Waals surface area contributed by atoms with Gasteiger partial charge in [0.25, 0.3) is 5.91 Å². The summed E-state index contributed by atoms with van der Waals surface area (Å²) in [6, 6.07) is 18.2. The van der Waals surface area contributed by atoms with Gasteiger partial charge in [0.2, 0.25) is 0 Å². The number of ether oxygens (including phenoxy) is 2. The summed E-state index contributed by atoms with van der Waals surface area (Å²) in [5.41, 5.74) is 2.50. The fourth-order valence-electron chi connectivity index (χ4n) is 4.54. The molecule has 1 N–H and O–H groups in total. The van der Waals surface area contributed by atoms with E-state index in [1.54, 1.807) is 38.3 Å². The average Bonchev–Trinajstić information content (AvgIpc) is 3.19. The van der Waals surface area contributed by atoms with Gasteiger partial charge >= 0.3 is 0 Å². The van der Waals surface area contributed by atoms with Gasteiger partial charge in [-0.1, -0.05) is 35.9 Å². The lowest BCUT2D eigenvalue weighted by Crippen LogP contribution is -2.36. The van der Waals surface area contributed by atoms with Crippen molar-refractivity contribution in [3.63, 3.8) is 0 Å². The van der Waals surface area contributed by atoms with Gasteiger partial charge in [0.05, 0.1) is 19.1 Å². The summed E-state index contributed by atoms with van der Waals surface area (Å²) in [6.45, 7) is 4.01. The van der Waals surface area contributed by atoms with Crippen LogP contribution in [0, 0.1) is 6.92 Å². The Morgan fingerprint density at radius 1 is 1.09 bits per heavy atom. The Kier molecular flexibility index (Phi) is 5.77. The van der Waals surface area contributed by atoms with E-state index in [0.29, 0.717) is 39.4 Å².